The fourth-order valence-electron chi connectivity index (χ4n) is 10.6. The Morgan fingerprint density at radius 1 is 0.508 bits per heavy atom. The summed E-state index contributed by atoms with van der Waals surface area (Å²) in [4.78, 5) is 5.05. The van der Waals surface area contributed by atoms with Gasteiger partial charge in [-0.2, -0.15) is 0 Å². The van der Waals surface area contributed by atoms with Crippen LogP contribution in [0.4, 0.5) is 34.1 Å². The van der Waals surface area contributed by atoms with Crippen molar-refractivity contribution in [3.63, 3.8) is 0 Å². The maximum absolute atomic E-state index is 6.53. The van der Waals surface area contributed by atoms with Crippen molar-refractivity contribution < 1.29 is 4.42 Å². The van der Waals surface area contributed by atoms with Crippen LogP contribution in [0.15, 0.2) is 162 Å². The van der Waals surface area contributed by atoms with Gasteiger partial charge >= 0.3 is 0 Å². The van der Waals surface area contributed by atoms with Crippen molar-refractivity contribution in [2.45, 2.75) is 66.2 Å². The molecule has 0 bridgehead atoms. The molecule has 0 unspecified atom stereocenters. The van der Waals surface area contributed by atoms with E-state index in [9.17, 15) is 0 Å². The maximum atomic E-state index is 6.53. The largest absolute Gasteiger partial charge is 0.456 e. The SMILES string of the molecule is Cc1ccc(N2c3ccc(C)cc3B3c4c(ccc(N(c5ccc(C(C)(C)C)cc5)c5ccc(C(C)(C)C)cc5)c42)-n2c4cc5c(cc4c4cccc3c42)oc2ccccc25)cc1. The van der Waals surface area contributed by atoms with E-state index in [0.29, 0.717) is 0 Å². The molecule has 0 amide bonds. The number of nitrogens with zero attached hydrogens (tertiary/aromatic N) is 3. The van der Waals surface area contributed by atoms with Crippen LogP contribution in [0.3, 0.4) is 0 Å². The van der Waals surface area contributed by atoms with Gasteiger partial charge in [-0.1, -0.05) is 138 Å². The predicted octanol–water partition coefficient (Wildman–Crippen LogP) is 14.0. The molecule has 5 heteroatoms. The Morgan fingerprint density at radius 2 is 1.14 bits per heavy atom. The molecule has 2 aliphatic heterocycles. The van der Waals surface area contributed by atoms with Gasteiger partial charge in [0.25, 0.3) is 6.71 Å². The zero-order valence-electron chi connectivity index (χ0n) is 37.3. The summed E-state index contributed by atoms with van der Waals surface area (Å²) < 4.78 is 9.09. The van der Waals surface area contributed by atoms with Crippen molar-refractivity contribution in [3.05, 3.63) is 180 Å². The molecule has 4 heterocycles. The van der Waals surface area contributed by atoms with Crippen molar-refractivity contribution in [2.24, 2.45) is 0 Å². The van der Waals surface area contributed by atoms with Gasteiger partial charge in [-0.3, -0.25) is 0 Å². The molecule has 8 aromatic carbocycles. The molecule has 10 aromatic rings. The summed E-state index contributed by atoms with van der Waals surface area (Å²) in [6.45, 7) is 18.1. The fraction of sp³-hybridized carbons (Fsp3) is 0.172. The minimum atomic E-state index is -0.00994. The molecule has 4 nitrogen and oxygen atoms in total. The standard InChI is InChI=1S/C58H50BN3O/c1-35-16-23-41(24-17-35)61-48-29-18-36(2)32-47(48)59-46-14-11-13-43-44-34-53-45(42-12-9-10-15-52(42)63-53)33-51(44)62(55(43)46)49-30-31-50(56(61)54(49)59)60(39-25-19-37(20-26-39)57(3,4)5)40-27-21-38(22-28-40)58(6,7)8/h9-34H,1-8H3. The van der Waals surface area contributed by atoms with E-state index >= 15 is 0 Å². The van der Waals surface area contributed by atoms with E-state index in [2.05, 4.69) is 227 Å². The number of furan rings is 1. The molecule has 0 fully saturated rings. The van der Waals surface area contributed by atoms with Crippen LogP contribution in [-0.2, 0) is 10.8 Å². The van der Waals surface area contributed by atoms with Crippen LogP contribution in [0.2, 0.25) is 0 Å². The van der Waals surface area contributed by atoms with E-state index in [1.165, 1.54) is 77.5 Å². The van der Waals surface area contributed by atoms with Gasteiger partial charge < -0.3 is 18.8 Å². The van der Waals surface area contributed by atoms with Gasteiger partial charge in [0.2, 0.25) is 0 Å². The summed E-state index contributed by atoms with van der Waals surface area (Å²) in [5.74, 6) is 0. The quantitative estimate of drug-likeness (QED) is 0.165. The van der Waals surface area contributed by atoms with Gasteiger partial charge in [0, 0.05) is 55.5 Å². The number of fused-ring (bicyclic) bond motifs is 10. The van der Waals surface area contributed by atoms with E-state index < -0.39 is 0 Å². The molecule has 0 saturated heterocycles. The van der Waals surface area contributed by atoms with Crippen molar-refractivity contribution >= 4 is 101 Å². The number of para-hydroxylation sites is 2. The van der Waals surface area contributed by atoms with Gasteiger partial charge in [-0.05, 0) is 125 Å². The zero-order chi connectivity index (χ0) is 43.1. The van der Waals surface area contributed by atoms with Crippen LogP contribution in [0.1, 0.15) is 63.8 Å². The van der Waals surface area contributed by atoms with E-state index in [1.807, 2.05) is 0 Å². The summed E-state index contributed by atoms with van der Waals surface area (Å²) >= 11 is 0. The first kappa shape index (κ1) is 37.8. The first-order chi connectivity index (χ1) is 30.3. The molecule has 0 aliphatic carbocycles. The van der Waals surface area contributed by atoms with E-state index in [-0.39, 0.29) is 17.5 Å². The smallest absolute Gasteiger partial charge is 0.252 e. The number of anilines is 6. The molecular formula is C58H50BN3O. The number of aromatic nitrogens is 1. The second-order valence-electron chi connectivity index (χ2n) is 20.0. The average molecular weight is 816 g/mol. The molecule has 306 valence electrons. The Morgan fingerprint density at radius 3 is 1.83 bits per heavy atom. The third-order valence-corrected chi connectivity index (χ3v) is 13.8. The second-order valence-corrected chi connectivity index (χ2v) is 20.0. The second kappa shape index (κ2) is 13.3. The fourth-order valence-corrected chi connectivity index (χ4v) is 10.6. The van der Waals surface area contributed by atoms with Crippen molar-refractivity contribution in [2.75, 3.05) is 9.80 Å². The Labute approximate surface area is 370 Å². The number of aryl methyl sites for hydroxylation is 2. The monoisotopic (exact) mass is 815 g/mol. The predicted molar refractivity (Wildman–Crippen MR) is 269 cm³/mol. The highest BCUT2D eigenvalue weighted by molar-refractivity contribution is 7.00. The molecular weight excluding hydrogens is 765 g/mol. The summed E-state index contributed by atoms with van der Waals surface area (Å²) in [6, 6.07) is 59.5. The summed E-state index contributed by atoms with van der Waals surface area (Å²) in [5.41, 5.74) is 21.5. The minimum Gasteiger partial charge on any atom is -0.456 e. The topological polar surface area (TPSA) is 24.6 Å². The average Bonchev–Trinajstić information content (AvgIpc) is 3.80. The third kappa shape index (κ3) is 5.61. The third-order valence-electron chi connectivity index (χ3n) is 13.8. The van der Waals surface area contributed by atoms with Gasteiger partial charge in [0.05, 0.1) is 16.9 Å². The highest BCUT2D eigenvalue weighted by Gasteiger charge is 2.44. The first-order valence-electron chi connectivity index (χ1n) is 22.4. The van der Waals surface area contributed by atoms with Crippen LogP contribution < -0.4 is 26.2 Å². The lowest BCUT2D eigenvalue weighted by atomic mass is 9.33. The summed E-state index contributed by atoms with van der Waals surface area (Å²) in [5, 5.41) is 4.72. The van der Waals surface area contributed by atoms with E-state index in [1.54, 1.807) is 0 Å². The lowest BCUT2D eigenvalue weighted by Gasteiger charge is -2.43. The van der Waals surface area contributed by atoms with Crippen molar-refractivity contribution in [1.29, 1.82) is 0 Å². The molecule has 12 rings (SSSR count). The van der Waals surface area contributed by atoms with Crippen LogP contribution >= 0.6 is 0 Å². The van der Waals surface area contributed by atoms with Gasteiger partial charge in [-0.15, -0.1) is 0 Å². The van der Waals surface area contributed by atoms with Gasteiger partial charge in [0.1, 0.15) is 11.2 Å². The minimum absolute atomic E-state index is 0.00994. The number of hydrogen-bond acceptors (Lipinski definition) is 3. The van der Waals surface area contributed by atoms with Gasteiger partial charge in [-0.25, -0.2) is 0 Å². The highest BCUT2D eigenvalue weighted by Crippen LogP contribution is 2.50. The van der Waals surface area contributed by atoms with Crippen molar-refractivity contribution in [3.8, 4) is 5.69 Å². The van der Waals surface area contributed by atoms with E-state index in [4.69, 9.17) is 4.42 Å². The van der Waals surface area contributed by atoms with Crippen LogP contribution in [0, 0.1) is 13.8 Å². The molecule has 2 aromatic heterocycles. The highest BCUT2D eigenvalue weighted by atomic mass is 16.3. The number of hydrogen-bond donors (Lipinski definition) is 0. The lowest BCUT2D eigenvalue weighted by molar-refractivity contribution is 0.590. The molecule has 0 spiro atoms. The molecule has 0 saturated carbocycles. The normalized spacial score (nSPS) is 13.3. The molecule has 0 radical (unpaired) electrons. The maximum Gasteiger partial charge on any atom is 0.252 e. The number of rotatable bonds is 4. The summed E-state index contributed by atoms with van der Waals surface area (Å²) in [6.07, 6.45) is 0. The summed E-state index contributed by atoms with van der Waals surface area (Å²) in [7, 11) is 0. The Balaban J connectivity index is 1.22. The molecule has 0 N–H and O–H groups in total. The van der Waals surface area contributed by atoms with Crippen molar-refractivity contribution in [1.82, 2.24) is 4.57 Å². The Hall–Kier alpha value is -6.98. The number of benzene rings is 8. The molecule has 2 aliphatic rings. The van der Waals surface area contributed by atoms with Crippen LogP contribution in [-0.4, -0.2) is 11.3 Å². The van der Waals surface area contributed by atoms with Crippen LogP contribution in [0.5, 0.6) is 0 Å². The van der Waals surface area contributed by atoms with Crippen LogP contribution in [0.25, 0.3) is 49.4 Å². The Kier molecular flexibility index (Phi) is 7.95. The first-order valence-corrected chi connectivity index (χ1v) is 22.4. The molecule has 63 heavy (non-hydrogen) atoms. The zero-order valence-corrected chi connectivity index (χ0v) is 37.3. The van der Waals surface area contributed by atoms with Gasteiger partial charge in [0.15, 0.2) is 0 Å². The van der Waals surface area contributed by atoms with E-state index in [0.717, 1.165) is 44.7 Å². The molecule has 0 atom stereocenters. The lowest BCUT2D eigenvalue weighted by Crippen LogP contribution is -2.60. The Bertz CT molecular complexity index is 3430.